The van der Waals surface area contributed by atoms with Crippen LogP contribution in [0.25, 0.3) is 11.6 Å². The van der Waals surface area contributed by atoms with E-state index < -0.39 is 0 Å². The predicted molar refractivity (Wildman–Crippen MR) is 127 cm³/mol. The molecule has 10 heteroatoms. The van der Waals surface area contributed by atoms with E-state index in [1.165, 1.54) is 17.4 Å². The molecule has 1 aliphatic rings. The number of rotatable bonds is 9. The Kier molecular flexibility index (Phi) is 7.66. The molecule has 0 unspecified atom stereocenters. The molecule has 174 valence electrons. The van der Waals surface area contributed by atoms with Crippen molar-refractivity contribution in [2.24, 2.45) is 0 Å². The van der Waals surface area contributed by atoms with Crippen LogP contribution >= 0.6 is 11.8 Å². The van der Waals surface area contributed by atoms with E-state index in [0.717, 1.165) is 13.1 Å². The smallest absolute Gasteiger partial charge is 0.230 e. The summed E-state index contributed by atoms with van der Waals surface area (Å²) < 4.78 is 7.32. The Hall–Kier alpha value is -3.27. The Morgan fingerprint density at radius 1 is 1.06 bits per heavy atom. The molecule has 0 spiro atoms. The van der Waals surface area contributed by atoms with Crippen molar-refractivity contribution in [1.29, 1.82) is 0 Å². The summed E-state index contributed by atoms with van der Waals surface area (Å²) in [5, 5.41) is 11.9. The van der Waals surface area contributed by atoms with E-state index in [-0.39, 0.29) is 17.6 Å². The second-order valence-corrected chi connectivity index (χ2v) is 8.56. The van der Waals surface area contributed by atoms with Gasteiger partial charge < -0.3 is 19.5 Å². The number of carbonyl (C=O) groups is 2. The molecule has 9 nitrogen and oxygen atoms in total. The van der Waals surface area contributed by atoms with E-state index in [1.54, 1.807) is 12.3 Å². The van der Waals surface area contributed by atoms with Gasteiger partial charge in [-0.15, -0.1) is 10.2 Å². The molecular formula is C23H28N6O3S. The van der Waals surface area contributed by atoms with Crippen molar-refractivity contribution < 1.29 is 14.0 Å². The maximum Gasteiger partial charge on any atom is 0.230 e. The number of amides is 2. The highest BCUT2D eigenvalue weighted by Crippen LogP contribution is 2.24. The SMILES string of the molecule is CCn1c(SCC(=O)NCCC(=O)N2CCN(c3ccccc3)CC2)nnc1-c1ccco1. The lowest BCUT2D eigenvalue weighted by molar-refractivity contribution is -0.131. The molecule has 0 radical (unpaired) electrons. The van der Waals surface area contributed by atoms with Crippen molar-refractivity contribution >= 4 is 29.3 Å². The van der Waals surface area contributed by atoms with Crippen molar-refractivity contribution in [3.05, 3.63) is 48.7 Å². The minimum atomic E-state index is -0.133. The summed E-state index contributed by atoms with van der Waals surface area (Å²) in [4.78, 5) is 29.0. The minimum Gasteiger partial charge on any atom is -0.461 e. The number of piperazine rings is 1. The number of para-hydroxylation sites is 1. The van der Waals surface area contributed by atoms with Gasteiger partial charge in [-0.2, -0.15) is 0 Å². The maximum atomic E-state index is 12.5. The molecule has 0 bridgehead atoms. The molecule has 3 aromatic rings. The number of hydrogen-bond acceptors (Lipinski definition) is 7. The van der Waals surface area contributed by atoms with Gasteiger partial charge in [0.25, 0.3) is 0 Å². The number of benzene rings is 1. The van der Waals surface area contributed by atoms with E-state index in [4.69, 9.17) is 4.42 Å². The van der Waals surface area contributed by atoms with E-state index in [9.17, 15) is 9.59 Å². The first-order chi connectivity index (χ1) is 16.2. The van der Waals surface area contributed by atoms with Crippen LogP contribution in [0.15, 0.2) is 58.3 Å². The van der Waals surface area contributed by atoms with Gasteiger partial charge in [-0.05, 0) is 31.2 Å². The number of nitrogens with one attached hydrogen (secondary N) is 1. The first kappa shape index (κ1) is 22.9. The summed E-state index contributed by atoms with van der Waals surface area (Å²) in [6.45, 7) is 6.01. The van der Waals surface area contributed by atoms with Crippen molar-refractivity contribution in [2.45, 2.75) is 25.0 Å². The first-order valence-electron chi connectivity index (χ1n) is 11.1. The maximum absolute atomic E-state index is 12.5. The van der Waals surface area contributed by atoms with Gasteiger partial charge in [0.15, 0.2) is 16.7 Å². The number of hydrogen-bond donors (Lipinski definition) is 1. The first-order valence-corrected chi connectivity index (χ1v) is 12.1. The van der Waals surface area contributed by atoms with Crippen molar-refractivity contribution in [3.8, 4) is 11.6 Å². The molecule has 1 aliphatic heterocycles. The highest BCUT2D eigenvalue weighted by Gasteiger charge is 2.21. The Morgan fingerprint density at radius 2 is 1.85 bits per heavy atom. The fourth-order valence-corrected chi connectivity index (χ4v) is 4.60. The topological polar surface area (TPSA) is 96.5 Å². The van der Waals surface area contributed by atoms with Crippen LogP contribution < -0.4 is 10.2 Å². The van der Waals surface area contributed by atoms with Gasteiger partial charge >= 0.3 is 0 Å². The quantitative estimate of drug-likeness (QED) is 0.482. The lowest BCUT2D eigenvalue weighted by Gasteiger charge is -2.36. The standard InChI is InChI=1S/C23H28N6O3S/c1-2-29-22(19-9-6-16-32-19)25-26-23(29)33-17-20(30)24-11-10-21(31)28-14-12-27(13-15-28)18-7-4-3-5-8-18/h3-9,16H,2,10-15,17H2,1H3,(H,24,30). The Balaban J connectivity index is 1.17. The average molecular weight is 469 g/mol. The van der Waals surface area contributed by atoms with Gasteiger partial charge in [0.05, 0.1) is 12.0 Å². The van der Waals surface area contributed by atoms with Gasteiger partial charge in [0, 0.05) is 51.4 Å². The molecule has 33 heavy (non-hydrogen) atoms. The number of carbonyl (C=O) groups excluding carboxylic acids is 2. The predicted octanol–water partition coefficient (Wildman–Crippen LogP) is 2.51. The van der Waals surface area contributed by atoms with Gasteiger partial charge in [-0.25, -0.2) is 0 Å². The fraction of sp³-hybridized carbons (Fsp3) is 0.391. The Bertz CT molecular complexity index is 1050. The minimum absolute atomic E-state index is 0.0736. The highest BCUT2D eigenvalue weighted by atomic mass is 32.2. The summed E-state index contributed by atoms with van der Waals surface area (Å²) in [5.74, 6) is 1.43. The highest BCUT2D eigenvalue weighted by molar-refractivity contribution is 7.99. The molecule has 2 amide bonds. The van der Waals surface area contributed by atoms with Gasteiger partial charge in [0.1, 0.15) is 0 Å². The zero-order chi connectivity index (χ0) is 23.0. The number of nitrogens with zero attached hydrogens (tertiary/aromatic N) is 5. The van der Waals surface area contributed by atoms with E-state index >= 15 is 0 Å². The van der Waals surface area contributed by atoms with E-state index in [2.05, 4.69) is 32.5 Å². The van der Waals surface area contributed by atoms with Gasteiger partial charge in [0.2, 0.25) is 11.8 Å². The molecule has 1 N–H and O–H groups in total. The van der Waals surface area contributed by atoms with Crippen LogP contribution in [0.2, 0.25) is 0 Å². The van der Waals surface area contributed by atoms with Crippen LogP contribution in [-0.2, 0) is 16.1 Å². The zero-order valence-electron chi connectivity index (χ0n) is 18.6. The molecule has 3 heterocycles. The second kappa shape index (κ2) is 11.0. The van der Waals surface area contributed by atoms with Gasteiger partial charge in [-0.3, -0.25) is 14.2 Å². The monoisotopic (exact) mass is 468 g/mol. The van der Waals surface area contributed by atoms with Crippen molar-refractivity contribution in [3.63, 3.8) is 0 Å². The number of thioether (sulfide) groups is 1. The summed E-state index contributed by atoms with van der Waals surface area (Å²) in [6, 6.07) is 13.9. The Morgan fingerprint density at radius 3 is 2.55 bits per heavy atom. The average Bonchev–Trinajstić information content (AvgIpc) is 3.53. The molecule has 4 rings (SSSR count). The van der Waals surface area contributed by atoms with E-state index in [0.29, 0.717) is 49.3 Å². The third kappa shape index (κ3) is 5.75. The lowest BCUT2D eigenvalue weighted by atomic mass is 10.2. The van der Waals surface area contributed by atoms with Crippen LogP contribution in [0.1, 0.15) is 13.3 Å². The normalized spacial score (nSPS) is 13.8. The lowest BCUT2D eigenvalue weighted by Crippen LogP contribution is -2.49. The number of furan rings is 1. The molecule has 1 aromatic carbocycles. The summed E-state index contributed by atoms with van der Waals surface area (Å²) >= 11 is 1.32. The zero-order valence-corrected chi connectivity index (χ0v) is 19.5. The van der Waals surface area contributed by atoms with Crippen molar-refractivity contribution in [1.82, 2.24) is 25.0 Å². The van der Waals surface area contributed by atoms with Crippen LogP contribution in [0.4, 0.5) is 5.69 Å². The molecule has 1 fully saturated rings. The summed E-state index contributed by atoms with van der Waals surface area (Å²) in [6.07, 6.45) is 1.89. The molecule has 0 atom stereocenters. The molecule has 0 aliphatic carbocycles. The van der Waals surface area contributed by atoms with Crippen molar-refractivity contribution in [2.75, 3.05) is 43.4 Å². The Labute approximate surface area is 197 Å². The number of aromatic nitrogens is 3. The summed E-state index contributed by atoms with van der Waals surface area (Å²) in [5.41, 5.74) is 1.18. The third-order valence-corrected chi connectivity index (χ3v) is 6.49. The van der Waals surface area contributed by atoms with Gasteiger partial charge in [-0.1, -0.05) is 30.0 Å². The molecule has 2 aromatic heterocycles. The molecular weight excluding hydrogens is 440 g/mol. The van der Waals surface area contributed by atoms with Crippen LogP contribution in [0.5, 0.6) is 0 Å². The second-order valence-electron chi connectivity index (χ2n) is 7.62. The third-order valence-electron chi connectivity index (χ3n) is 5.52. The molecule has 1 saturated heterocycles. The van der Waals surface area contributed by atoms with Crippen LogP contribution in [-0.4, -0.2) is 70.0 Å². The van der Waals surface area contributed by atoms with E-state index in [1.807, 2.05) is 40.7 Å². The van der Waals surface area contributed by atoms with Crippen LogP contribution in [0, 0.1) is 0 Å². The van der Waals surface area contributed by atoms with Crippen LogP contribution in [0.3, 0.4) is 0 Å². The summed E-state index contributed by atoms with van der Waals surface area (Å²) in [7, 11) is 0. The largest absolute Gasteiger partial charge is 0.461 e. The molecule has 0 saturated carbocycles. The number of anilines is 1. The fourth-order valence-electron chi connectivity index (χ4n) is 3.77.